The Labute approximate surface area is 460 Å². The molecule has 0 spiro atoms. The fourth-order valence-corrected chi connectivity index (χ4v) is 13.6. The van der Waals surface area contributed by atoms with E-state index >= 15 is 9.59 Å². The zero-order valence-corrected chi connectivity index (χ0v) is 49.3. The summed E-state index contributed by atoms with van der Waals surface area (Å²) in [5, 5.41) is 0. The minimum atomic E-state index is 0.0242. The lowest BCUT2D eigenvalue weighted by molar-refractivity contribution is -0.124. The number of aryl methyl sites for hydroxylation is 2. The van der Waals surface area contributed by atoms with Crippen molar-refractivity contribution in [3.05, 3.63) is 105 Å². The number of hydrogen-bond donors (Lipinski definition) is 0. The van der Waals surface area contributed by atoms with Crippen LogP contribution in [0.3, 0.4) is 0 Å². The summed E-state index contributed by atoms with van der Waals surface area (Å²) in [5.74, 6) is 0.808. The van der Waals surface area contributed by atoms with Crippen LogP contribution in [0, 0.1) is 25.7 Å². The standard InChI is InChI=1S/C68H100N2O2S2/c1-7-11-15-19-23-25-29-33-37-55(35-31-27-21-17-13-9-3)51-69-65(59-45-41-57(42-46-59)61-49-39-53(5)73-61)63-64(67(69)71)66(60-47-43-58(44-48-60)62-50-40-54(6)74-62)70(68(63)72)52-56(36-32-28-22-18-14-10-4)38-34-30-26-24-20-16-12-8-2/h39-50,55-56H,7-38,51-52H2,1-6H3. The number of carbonyl (C=O) groups is 2. The van der Waals surface area contributed by atoms with Gasteiger partial charge in [0.2, 0.25) is 0 Å². The first-order valence-electron chi connectivity index (χ1n) is 30.7. The van der Waals surface area contributed by atoms with E-state index in [1.165, 1.54) is 210 Å². The molecule has 0 N–H and O–H groups in total. The Kier molecular flexibility index (Phi) is 26.9. The van der Waals surface area contributed by atoms with Crippen molar-refractivity contribution in [3.63, 3.8) is 0 Å². The highest BCUT2D eigenvalue weighted by Gasteiger charge is 2.49. The van der Waals surface area contributed by atoms with Gasteiger partial charge in [0.1, 0.15) is 0 Å². The lowest BCUT2D eigenvalue weighted by atomic mass is 9.92. The molecule has 2 aromatic carbocycles. The van der Waals surface area contributed by atoms with Gasteiger partial charge in [-0.1, -0.05) is 256 Å². The van der Waals surface area contributed by atoms with Crippen molar-refractivity contribution in [2.24, 2.45) is 11.8 Å². The summed E-state index contributed by atoms with van der Waals surface area (Å²) in [6, 6.07) is 26.5. The van der Waals surface area contributed by atoms with E-state index in [9.17, 15) is 0 Å². The SMILES string of the molecule is CCCCCCCCCCC(CCCCCCCC)CN1C(=O)C2=C(c3ccc(-c4ccc(C)s4)cc3)N(CC(CCCCCCCC)CCCCCCCCCC)C(=O)C2=C1c1ccc(-c2ccc(C)s2)cc1. The molecule has 0 saturated carbocycles. The Bertz CT molecular complexity index is 2130. The van der Waals surface area contributed by atoms with Gasteiger partial charge in [0.15, 0.2) is 0 Å². The molecule has 2 unspecified atom stereocenters. The van der Waals surface area contributed by atoms with E-state index in [0.717, 1.165) is 48.2 Å². The Balaban J connectivity index is 1.38. The summed E-state index contributed by atoms with van der Waals surface area (Å²) in [6.45, 7) is 14.8. The van der Waals surface area contributed by atoms with Crippen LogP contribution < -0.4 is 0 Å². The number of fused-ring (bicyclic) bond motifs is 1. The van der Waals surface area contributed by atoms with Gasteiger partial charge in [-0.05, 0) is 97.9 Å². The number of nitrogens with zero attached hydrogens (tertiary/aromatic N) is 2. The van der Waals surface area contributed by atoms with E-state index in [2.05, 4.69) is 124 Å². The quantitative estimate of drug-likeness (QED) is 0.0417. The molecule has 4 nitrogen and oxygen atoms in total. The maximum Gasteiger partial charge on any atom is 0.261 e. The monoisotopic (exact) mass is 1040 g/mol. The van der Waals surface area contributed by atoms with Crippen molar-refractivity contribution in [1.82, 2.24) is 9.80 Å². The summed E-state index contributed by atoms with van der Waals surface area (Å²) in [7, 11) is 0. The molecule has 0 fully saturated rings. The van der Waals surface area contributed by atoms with E-state index in [1.54, 1.807) is 0 Å². The molecule has 2 aliphatic rings. The summed E-state index contributed by atoms with van der Waals surface area (Å²) < 4.78 is 0. The number of benzene rings is 2. The Hall–Kier alpha value is -3.74. The molecule has 0 aliphatic carbocycles. The van der Waals surface area contributed by atoms with E-state index in [-0.39, 0.29) is 11.8 Å². The van der Waals surface area contributed by atoms with Crippen molar-refractivity contribution in [3.8, 4) is 20.9 Å². The van der Waals surface area contributed by atoms with Crippen LogP contribution in [-0.2, 0) is 9.59 Å². The van der Waals surface area contributed by atoms with Gasteiger partial charge in [-0.2, -0.15) is 0 Å². The molecule has 406 valence electrons. The van der Waals surface area contributed by atoms with Crippen LogP contribution in [0.4, 0.5) is 0 Å². The number of rotatable bonds is 40. The average molecular weight is 1040 g/mol. The number of amides is 2. The lowest BCUT2D eigenvalue weighted by Crippen LogP contribution is -2.35. The molecule has 0 bridgehead atoms. The zero-order chi connectivity index (χ0) is 52.3. The highest BCUT2D eigenvalue weighted by Crippen LogP contribution is 2.48. The van der Waals surface area contributed by atoms with Gasteiger partial charge in [-0.25, -0.2) is 0 Å². The van der Waals surface area contributed by atoms with Crippen LogP contribution in [0.25, 0.3) is 32.3 Å². The molecule has 0 radical (unpaired) electrons. The highest BCUT2D eigenvalue weighted by atomic mass is 32.1. The third-order valence-corrected chi connectivity index (χ3v) is 18.4. The maximum atomic E-state index is 15.9. The predicted octanol–water partition coefficient (Wildman–Crippen LogP) is 21.4. The normalized spacial score (nSPS) is 14.6. The van der Waals surface area contributed by atoms with E-state index in [0.29, 0.717) is 36.1 Å². The third kappa shape index (κ3) is 18.2. The lowest BCUT2D eigenvalue weighted by Gasteiger charge is -2.30. The zero-order valence-electron chi connectivity index (χ0n) is 47.7. The first-order valence-corrected chi connectivity index (χ1v) is 32.4. The van der Waals surface area contributed by atoms with Crippen LogP contribution in [0.15, 0.2) is 83.9 Å². The molecule has 2 atom stereocenters. The largest absolute Gasteiger partial charge is 0.307 e. The summed E-state index contributed by atoms with van der Waals surface area (Å²) >= 11 is 3.63. The molecular weight excluding hydrogens is 941 g/mol. The van der Waals surface area contributed by atoms with Gasteiger partial charge >= 0.3 is 0 Å². The van der Waals surface area contributed by atoms with Gasteiger partial charge in [-0.3, -0.25) is 9.59 Å². The Morgan fingerprint density at radius 2 is 0.595 bits per heavy atom. The summed E-state index contributed by atoms with van der Waals surface area (Å²) in [4.78, 5) is 41.1. The second-order valence-electron chi connectivity index (χ2n) is 22.6. The molecule has 2 aliphatic heterocycles. The number of unbranched alkanes of at least 4 members (excludes halogenated alkanes) is 24. The van der Waals surface area contributed by atoms with Crippen LogP contribution in [0.1, 0.15) is 254 Å². The third-order valence-electron chi connectivity index (χ3n) is 16.3. The van der Waals surface area contributed by atoms with E-state index < -0.39 is 0 Å². The first-order chi connectivity index (χ1) is 36.3. The van der Waals surface area contributed by atoms with Gasteiger partial charge in [0.25, 0.3) is 11.8 Å². The van der Waals surface area contributed by atoms with Crippen molar-refractivity contribution in [2.75, 3.05) is 13.1 Å². The molecule has 6 heteroatoms. The molecule has 4 heterocycles. The van der Waals surface area contributed by atoms with Crippen molar-refractivity contribution < 1.29 is 9.59 Å². The summed E-state index contributed by atoms with van der Waals surface area (Å²) in [5.41, 5.74) is 7.27. The second-order valence-corrected chi connectivity index (χ2v) is 25.2. The van der Waals surface area contributed by atoms with Gasteiger partial charge in [0, 0.05) is 32.6 Å². The van der Waals surface area contributed by atoms with E-state index in [1.807, 2.05) is 22.7 Å². The average Bonchev–Trinajstić information content (AvgIpc) is 4.19. The van der Waals surface area contributed by atoms with Crippen LogP contribution in [-0.4, -0.2) is 34.7 Å². The van der Waals surface area contributed by atoms with Crippen molar-refractivity contribution in [2.45, 2.75) is 247 Å². The maximum absolute atomic E-state index is 15.9. The number of hydrogen-bond acceptors (Lipinski definition) is 4. The van der Waals surface area contributed by atoms with E-state index in [4.69, 9.17) is 0 Å². The smallest absolute Gasteiger partial charge is 0.261 e. The molecule has 2 amide bonds. The number of thiophene rings is 2. The van der Waals surface area contributed by atoms with Crippen molar-refractivity contribution >= 4 is 45.9 Å². The van der Waals surface area contributed by atoms with Gasteiger partial charge in [-0.15, -0.1) is 22.7 Å². The van der Waals surface area contributed by atoms with Crippen LogP contribution in [0.5, 0.6) is 0 Å². The topological polar surface area (TPSA) is 40.6 Å². The van der Waals surface area contributed by atoms with Gasteiger partial charge < -0.3 is 9.80 Å². The molecule has 74 heavy (non-hydrogen) atoms. The first kappa shape index (κ1) is 59.5. The Morgan fingerprint density at radius 1 is 0.338 bits per heavy atom. The summed E-state index contributed by atoms with van der Waals surface area (Å²) in [6.07, 6.45) is 40.6. The Morgan fingerprint density at radius 3 is 0.851 bits per heavy atom. The van der Waals surface area contributed by atoms with Gasteiger partial charge in [0.05, 0.1) is 22.5 Å². The predicted molar refractivity (Wildman–Crippen MR) is 324 cm³/mol. The molecule has 6 rings (SSSR count). The van der Waals surface area contributed by atoms with Crippen LogP contribution in [0.2, 0.25) is 0 Å². The minimum Gasteiger partial charge on any atom is -0.307 e. The minimum absolute atomic E-state index is 0.0242. The number of carbonyl (C=O) groups excluding carboxylic acids is 2. The molecule has 4 aromatic rings. The second kappa shape index (κ2) is 33.4. The highest BCUT2D eigenvalue weighted by molar-refractivity contribution is 7.15. The fraction of sp³-hybridized carbons (Fsp3) is 0.618. The molecule has 0 saturated heterocycles. The molecular formula is C68H100N2O2S2. The van der Waals surface area contributed by atoms with Crippen molar-refractivity contribution in [1.29, 1.82) is 0 Å². The van der Waals surface area contributed by atoms with Crippen LogP contribution >= 0.6 is 22.7 Å². The molecule has 2 aromatic heterocycles. The fourth-order valence-electron chi connectivity index (χ4n) is 11.8.